The summed E-state index contributed by atoms with van der Waals surface area (Å²) in [7, 11) is 1.49. The zero-order valence-electron chi connectivity index (χ0n) is 11.6. The van der Waals surface area contributed by atoms with Gasteiger partial charge in [0.05, 0.1) is 6.61 Å². The first-order valence-corrected chi connectivity index (χ1v) is 6.25. The number of carbonyl (C=O) groups is 2. The Morgan fingerprint density at radius 2 is 1.90 bits per heavy atom. The zero-order valence-corrected chi connectivity index (χ0v) is 11.6. The van der Waals surface area contributed by atoms with Crippen LogP contribution in [0.4, 0.5) is 4.79 Å². The van der Waals surface area contributed by atoms with E-state index in [-0.39, 0.29) is 31.3 Å². The van der Waals surface area contributed by atoms with Gasteiger partial charge in [0, 0.05) is 32.2 Å². The van der Waals surface area contributed by atoms with Crippen molar-refractivity contribution < 1.29 is 34.1 Å². The second-order valence-electron chi connectivity index (χ2n) is 3.97. The Morgan fingerprint density at radius 3 is 2.52 bits per heavy atom. The molecule has 1 amide bonds. The van der Waals surface area contributed by atoms with Crippen molar-refractivity contribution in [2.45, 2.75) is 12.8 Å². The SMILES string of the molecule is COCCOC(=O)NCCCC(=O)On1c(O)ccc1O. The van der Waals surface area contributed by atoms with Gasteiger partial charge < -0.3 is 29.8 Å². The molecule has 0 spiro atoms. The first-order valence-electron chi connectivity index (χ1n) is 6.25. The first kappa shape index (κ1) is 16.6. The van der Waals surface area contributed by atoms with Gasteiger partial charge in [-0.25, -0.2) is 9.59 Å². The molecular weight excluding hydrogens is 284 g/mol. The number of nitrogens with one attached hydrogen (secondary N) is 1. The van der Waals surface area contributed by atoms with Crippen molar-refractivity contribution >= 4 is 12.1 Å². The molecule has 0 aliphatic rings. The molecule has 118 valence electrons. The van der Waals surface area contributed by atoms with Crippen molar-refractivity contribution in [2.24, 2.45) is 0 Å². The van der Waals surface area contributed by atoms with Crippen LogP contribution in [0.15, 0.2) is 12.1 Å². The molecule has 0 atom stereocenters. The van der Waals surface area contributed by atoms with Crippen molar-refractivity contribution in [3.63, 3.8) is 0 Å². The van der Waals surface area contributed by atoms with Gasteiger partial charge in [-0.1, -0.05) is 0 Å². The summed E-state index contributed by atoms with van der Waals surface area (Å²) in [5, 5.41) is 21.0. The summed E-state index contributed by atoms with van der Waals surface area (Å²) < 4.78 is 10.1. The Kier molecular flexibility index (Phi) is 6.88. The van der Waals surface area contributed by atoms with E-state index in [0.29, 0.717) is 17.8 Å². The van der Waals surface area contributed by atoms with Gasteiger partial charge >= 0.3 is 12.1 Å². The Labute approximate surface area is 121 Å². The van der Waals surface area contributed by atoms with Crippen LogP contribution < -0.4 is 10.2 Å². The van der Waals surface area contributed by atoms with Crippen molar-refractivity contribution in [3.05, 3.63) is 12.1 Å². The number of rotatable bonds is 8. The maximum absolute atomic E-state index is 11.4. The van der Waals surface area contributed by atoms with Crippen molar-refractivity contribution in [2.75, 3.05) is 26.9 Å². The molecule has 1 aromatic heterocycles. The van der Waals surface area contributed by atoms with Crippen LogP contribution in [0.5, 0.6) is 11.8 Å². The molecule has 0 aromatic carbocycles. The summed E-state index contributed by atoms with van der Waals surface area (Å²) >= 11 is 0. The maximum Gasteiger partial charge on any atom is 0.407 e. The lowest BCUT2D eigenvalue weighted by molar-refractivity contribution is -0.145. The number of amides is 1. The standard InChI is InChI=1S/C12H18N2O7/c1-19-7-8-20-12(18)13-6-2-3-11(17)21-14-9(15)4-5-10(14)16/h4-5,15-16H,2-3,6-8H2,1H3,(H,13,18). The largest absolute Gasteiger partial charge is 0.492 e. The van der Waals surface area contributed by atoms with Crippen LogP contribution in [-0.2, 0) is 14.3 Å². The Balaban J connectivity index is 2.15. The molecular formula is C12H18N2O7. The Hall–Kier alpha value is -2.42. The summed E-state index contributed by atoms with van der Waals surface area (Å²) in [6, 6.07) is 2.36. The van der Waals surface area contributed by atoms with Crippen molar-refractivity contribution in [1.82, 2.24) is 10.0 Å². The summed E-state index contributed by atoms with van der Waals surface area (Å²) in [4.78, 5) is 27.3. The molecule has 3 N–H and O–H groups in total. The molecule has 0 bridgehead atoms. The average molecular weight is 302 g/mol. The predicted octanol–water partition coefficient (Wildman–Crippen LogP) is 0.00730. The van der Waals surface area contributed by atoms with Gasteiger partial charge in [-0.2, -0.15) is 0 Å². The highest BCUT2D eigenvalue weighted by atomic mass is 16.7. The smallest absolute Gasteiger partial charge is 0.407 e. The molecule has 0 radical (unpaired) electrons. The van der Waals surface area contributed by atoms with Crippen molar-refractivity contribution in [3.8, 4) is 11.8 Å². The number of nitrogens with zero attached hydrogens (tertiary/aromatic N) is 1. The van der Waals surface area contributed by atoms with Crippen LogP contribution in [0, 0.1) is 0 Å². The number of aromatic nitrogens is 1. The van der Waals surface area contributed by atoms with Gasteiger partial charge in [-0.3, -0.25) is 0 Å². The molecule has 9 heteroatoms. The minimum atomic E-state index is -0.661. The van der Waals surface area contributed by atoms with Gasteiger partial charge in [0.1, 0.15) is 6.61 Å². The number of alkyl carbamates (subject to hydrolysis) is 1. The van der Waals surface area contributed by atoms with Crippen LogP contribution in [0.3, 0.4) is 0 Å². The normalized spacial score (nSPS) is 10.1. The third kappa shape index (κ3) is 6.04. The van der Waals surface area contributed by atoms with E-state index in [9.17, 15) is 19.8 Å². The highest BCUT2D eigenvalue weighted by Crippen LogP contribution is 2.18. The minimum Gasteiger partial charge on any atom is -0.492 e. The fourth-order valence-corrected chi connectivity index (χ4v) is 1.33. The minimum absolute atomic E-state index is 0.00455. The summed E-state index contributed by atoms with van der Waals surface area (Å²) in [6.45, 7) is 0.685. The second kappa shape index (κ2) is 8.69. The molecule has 0 aliphatic heterocycles. The molecule has 1 aromatic rings. The second-order valence-corrected chi connectivity index (χ2v) is 3.97. The van der Waals surface area contributed by atoms with Crippen LogP contribution in [0.25, 0.3) is 0 Å². The molecule has 1 heterocycles. The molecule has 0 fully saturated rings. The van der Waals surface area contributed by atoms with Gasteiger partial charge in [0.25, 0.3) is 0 Å². The zero-order chi connectivity index (χ0) is 15.7. The monoisotopic (exact) mass is 302 g/mol. The first-order chi connectivity index (χ1) is 10.0. The van der Waals surface area contributed by atoms with Crippen LogP contribution >= 0.6 is 0 Å². The van der Waals surface area contributed by atoms with E-state index in [0.717, 1.165) is 0 Å². The van der Waals surface area contributed by atoms with E-state index >= 15 is 0 Å². The molecule has 0 saturated carbocycles. The van der Waals surface area contributed by atoms with Crippen LogP contribution in [-0.4, -0.2) is 53.9 Å². The van der Waals surface area contributed by atoms with Gasteiger partial charge in [0.15, 0.2) is 0 Å². The van der Waals surface area contributed by atoms with E-state index in [4.69, 9.17) is 14.3 Å². The lowest BCUT2D eigenvalue weighted by Crippen LogP contribution is -2.27. The molecule has 21 heavy (non-hydrogen) atoms. The quantitative estimate of drug-likeness (QED) is 0.578. The number of ether oxygens (including phenoxy) is 2. The lowest BCUT2D eigenvalue weighted by atomic mass is 10.3. The Morgan fingerprint density at radius 1 is 1.24 bits per heavy atom. The van der Waals surface area contributed by atoms with Crippen LogP contribution in [0.1, 0.15) is 12.8 Å². The van der Waals surface area contributed by atoms with E-state index in [1.54, 1.807) is 0 Å². The molecule has 0 saturated heterocycles. The predicted molar refractivity (Wildman–Crippen MR) is 69.8 cm³/mol. The number of hydrogen-bond donors (Lipinski definition) is 3. The number of carbonyl (C=O) groups excluding carboxylic acids is 2. The molecule has 1 rings (SSSR count). The average Bonchev–Trinajstić information content (AvgIpc) is 2.76. The topological polar surface area (TPSA) is 119 Å². The maximum atomic E-state index is 11.4. The molecule has 0 aliphatic carbocycles. The Bertz CT molecular complexity index is 453. The van der Waals surface area contributed by atoms with E-state index < -0.39 is 12.1 Å². The van der Waals surface area contributed by atoms with Crippen molar-refractivity contribution in [1.29, 1.82) is 0 Å². The third-order valence-corrected chi connectivity index (χ3v) is 2.34. The van der Waals surface area contributed by atoms with E-state index in [1.807, 2.05) is 0 Å². The van der Waals surface area contributed by atoms with Gasteiger partial charge in [-0.15, -0.1) is 4.73 Å². The number of hydrogen-bond acceptors (Lipinski definition) is 7. The van der Waals surface area contributed by atoms with E-state index in [2.05, 4.69) is 5.32 Å². The molecule has 0 unspecified atom stereocenters. The number of methoxy groups -OCH3 is 1. The van der Waals surface area contributed by atoms with Gasteiger partial charge in [0.2, 0.25) is 11.8 Å². The highest BCUT2D eigenvalue weighted by molar-refractivity contribution is 5.70. The fourth-order valence-electron chi connectivity index (χ4n) is 1.33. The van der Waals surface area contributed by atoms with Crippen LogP contribution in [0.2, 0.25) is 0 Å². The number of aromatic hydroxyl groups is 2. The summed E-state index contributed by atoms with van der Waals surface area (Å²) in [5.74, 6) is -1.44. The summed E-state index contributed by atoms with van der Waals surface area (Å²) in [5.41, 5.74) is 0. The highest BCUT2D eigenvalue weighted by Gasteiger charge is 2.12. The lowest BCUT2D eigenvalue weighted by Gasteiger charge is -2.08. The third-order valence-electron chi connectivity index (χ3n) is 2.34. The van der Waals surface area contributed by atoms with E-state index in [1.165, 1.54) is 19.2 Å². The molecule has 9 nitrogen and oxygen atoms in total. The summed E-state index contributed by atoms with van der Waals surface area (Å²) in [6.07, 6.45) is -0.280. The van der Waals surface area contributed by atoms with Gasteiger partial charge in [-0.05, 0) is 6.42 Å². The fraction of sp³-hybridized carbons (Fsp3) is 0.500.